The molecule has 0 bridgehead atoms. The van der Waals surface area contributed by atoms with Gasteiger partial charge in [-0.15, -0.1) is 4.33 Å². The van der Waals surface area contributed by atoms with Gasteiger partial charge in [-0.2, -0.15) is 17.5 Å². The van der Waals surface area contributed by atoms with Crippen LogP contribution in [0.3, 0.4) is 0 Å². The summed E-state index contributed by atoms with van der Waals surface area (Å²) in [6.45, 7) is 2.65. The number of allylic oxidation sites excluding steroid dienone is 2. The lowest BCUT2D eigenvalue weighted by Gasteiger charge is -2.12. The van der Waals surface area contributed by atoms with Gasteiger partial charge in [0.25, 0.3) is 10.9 Å². The molecule has 0 aliphatic carbocycles. The van der Waals surface area contributed by atoms with Gasteiger partial charge >= 0.3 is 21.9 Å². The Morgan fingerprint density at radius 2 is 2.03 bits per heavy atom. The monoisotopic (exact) mass is 602 g/mol. The summed E-state index contributed by atoms with van der Waals surface area (Å²) in [6.07, 6.45) is 4.89. The fraction of sp³-hybridized carbons (Fsp3) is 0.292. The predicted molar refractivity (Wildman–Crippen MR) is 144 cm³/mol. The van der Waals surface area contributed by atoms with Gasteiger partial charge in [0.1, 0.15) is 0 Å². The van der Waals surface area contributed by atoms with Crippen LogP contribution in [0.5, 0.6) is 5.75 Å². The molecule has 1 fully saturated rings. The van der Waals surface area contributed by atoms with Crippen molar-refractivity contribution in [2.24, 2.45) is 0 Å². The minimum atomic E-state index is -4.34. The number of ether oxygens (including phenoxy) is 1. The van der Waals surface area contributed by atoms with Crippen LogP contribution < -0.4 is 13.8 Å². The molecule has 1 saturated heterocycles. The predicted octanol–water partition coefficient (Wildman–Crippen LogP) is 5.75. The standard InChI is InChI=1S/C24H22Cl2N2O8S2/c1-2-15(10-22-27(8-3-9-37-36-35-29)18-12-16(25)4-6-20(18)33-22)11-23-28(14-24(28)38(30,31)32)19-13-17(26)5-7-21(19)34-23/h4-7,10-13,24H,2-3,8-9,14H2,1H3/p+2/b15-10+,23-11-. The van der Waals surface area contributed by atoms with E-state index in [-0.39, 0.29) is 11.0 Å². The van der Waals surface area contributed by atoms with Crippen molar-refractivity contribution in [1.82, 2.24) is 4.48 Å². The topological polar surface area (TPSA) is 119 Å². The van der Waals surface area contributed by atoms with Gasteiger partial charge in [0.2, 0.25) is 5.58 Å². The average molecular weight is 604 g/mol. The number of nitrogens with zero attached hydrogens (tertiary/aromatic N) is 2. The molecule has 1 spiro atoms. The summed E-state index contributed by atoms with van der Waals surface area (Å²) >= 11 is 13.4. The molecule has 0 amide bonds. The van der Waals surface area contributed by atoms with Crippen molar-refractivity contribution in [1.29, 1.82) is 0 Å². The van der Waals surface area contributed by atoms with Crippen molar-refractivity contribution in [2.75, 3.05) is 12.3 Å². The van der Waals surface area contributed by atoms with Crippen LogP contribution in [0.2, 0.25) is 10.0 Å². The van der Waals surface area contributed by atoms with E-state index in [9.17, 15) is 13.0 Å². The highest BCUT2D eigenvalue weighted by Gasteiger charge is 2.72. The summed E-state index contributed by atoms with van der Waals surface area (Å²) in [5, 5.41) is 11.9. The molecule has 2 aromatic carbocycles. The van der Waals surface area contributed by atoms with Crippen LogP contribution in [-0.2, 0) is 26.0 Å². The largest absolute Gasteiger partial charge is 0.406 e. The molecule has 2 aliphatic rings. The van der Waals surface area contributed by atoms with Crippen LogP contribution in [0.1, 0.15) is 25.7 Å². The first-order valence-electron chi connectivity index (χ1n) is 11.6. The van der Waals surface area contributed by atoms with E-state index >= 15 is 0 Å². The summed E-state index contributed by atoms with van der Waals surface area (Å²) < 4.78 is 52.6. The minimum Gasteiger partial charge on any atom is -0.406 e. The first-order valence-corrected chi connectivity index (χ1v) is 14.8. The lowest BCUT2D eigenvalue weighted by atomic mass is 10.2. The first-order chi connectivity index (χ1) is 18.2. The quantitative estimate of drug-likeness (QED) is 0.0437. The van der Waals surface area contributed by atoms with Crippen LogP contribution in [0.25, 0.3) is 17.2 Å². The van der Waals surface area contributed by atoms with Crippen LogP contribution in [0.15, 0.2) is 58.3 Å². The second-order valence-corrected chi connectivity index (χ2v) is 12.0. The number of benzene rings is 2. The zero-order valence-corrected chi connectivity index (χ0v) is 23.2. The Labute approximate surface area is 233 Å². The van der Waals surface area contributed by atoms with Crippen molar-refractivity contribution < 1.29 is 41.3 Å². The highest BCUT2D eigenvalue weighted by Crippen LogP contribution is 2.56. The molecular weight excluding hydrogens is 579 g/mol. The lowest BCUT2D eigenvalue weighted by molar-refractivity contribution is -0.677. The average Bonchev–Trinajstić information content (AvgIpc) is 3.48. The highest BCUT2D eigenvalue weighted by molar-refractivity contribution is 7.94. The fourth-order valence-corrected chi connectivity index (χ4v) is 6.45. The maximum absolute atomic E-state index is 12.1. The Kier molecular flexibility index (Phi) is 7.80. The molecule has 10 nitrogen and oxygen atoms in total. The summed E-state index contributed by atoms with van der Waals surface area (Å²) in [7, 11) is -4.34. The molecule has 0 saturated carbocycles. The van der Waals surface area contributed by atoms with Crippen molar-refractivity contribution in [3.63, 3.8) is 0 Å². The number of oxazole rings is 1. The molecule has 2 aliphatic heterocycles. The SMILES string of the molecule is CCC(/C=C1\Oc2ccc(Cl)cc2[N+]12CC2S(=O)(=O)O)=C\c1oc2ccc(Cl)cc2[n+]1CCCSOOO. The van der Waals surface area contributed by atoms with E-state index in [1.54, 1.807) is 36.4 Å². The Hall–Kier alpha value is -2.13. The molecule has 2 atom stereocenters. The van der Waals surface area contributed by atoms with Gasteiger partial charge < -0.3 is 9.15 Å². The molecule has 38 heavy (non-hydrogen) atoms. The van der Waals surface area contributed by atoms with Crippen molar-refractivity contribution in [3.8, 4) is 5.75 Å². The second-order valence-electron chi connectivity index (χ2n) is 8.81. The number of fused-ring (bicyclic) bond motifs is 3. The minimum absolute atomic E-state index is 0.134. The summed E-state index contributed by atoms with van der Waals surface area (Å²) in [5.74, 6) is 1.96. The number of rotatable bonds is 10. The number of aryl methyl sites for hydroxylation is 1. The van der Waals surface area contributed by atoms with Crippen molar-refractivity contribution >= 4 is 68.2 Å². The lowest BCUT2D eigenvalue weighted by Crippen LogP contribution is -2.35. The normalized spacial score (nSPS) is 21.9. The van der Waals surface area contributed by atoms with Gasteiger partial charge in [0.15, 0.2) is 24.5 Å². The third-order valence-electron chi connectivity index (χ3n) is 6.51. The van der Waals surface area contributed by atoms with Crippen LogP contribution in [-0.4, -0.2) is 35.9 Å². The van der Waals surface area contributed by atoms with E-state index in [1.807, 2.05) is 23.6 Å². The van der Waals surface area contributed by atoms with E-state index < -0.39 is 15.5 Å². The Morgan fingerprint density at radius 3 is 2.74 bits per heavy atom. The third kappa shape index (κ3) is 5.20. The molecule has 5 rings (SSSR count). The molecular formula is C24H24Cl2N2O8S2+2. The van der Waals surface area contributed by atoms with Crippen LogP contribution >= 0.6 is 35.2 Å². The number of aromatic nitrogens is 1. The molecule has 2 unspecified atom stereocenters. The summed E-state index contributed by atoms with van der Waals surface area (Å²) in [6, 6.07) is 10.4. The highest BCUT2D eigenvalue weighted by atomic mass is 35.5. The van der Waals surface area contributed by atoms with E-state index in [1.165, 1.54) is 0 Å². The van der Waals surface area contributed by atoms with E-state index in [0.29, 0.717) is 64.0 Å². The third-order valence-corrected chi connectivity index (χ3v) is 8.79. The number of hydrogen-bond donors (Lipinski definition) is 2. The molecule has 1 aromatic heterocycles. The molecule has 202 valence electrons. The van der Waals surface area contributed by atoms with Gasteiger partial charge in [-0.25, -0.2) is 5.26 Å². The van der Waals surface area contributed by atoms with E-state index in [0.717, 1.165) is 23.1 Å². The molecule has 3 aromatic rings. The first kappa shape index (κ1) is 27.4. The van der Waals surface area contributed by atoms with Gasteiger partial charge in [-0.05, 0) is 36.3 Å². The van der Waals surface area contributed by atoms with Gasteiger partial charge in [-0.1, -0.05) is 35.2 Å². The fourth-order valence-electron chi connectivity index (χ4n) is 4.66. The number of hydrogen-bond acceptors (Lipinski definition) is 8. The molecule has 3 heterocycles. The van der Waals surface area contributed by atoms with Crippen molar-refractivity contribution in [2.45, 2.75) is 31.7 Å². The van der Waals surface area contributed by atoms with Crippen LogP contribution in [0.4, 0.5) is 5.69 Å². The maximum Gasteiger partial charge on any atom is 0.374 e. The Morgan fingerprint density at radius 1 is 1.26 bits per heavy atom. The molecule has 2 N–H and O–H groups in total. The van der Waals surface area contributed by atoms with E-state index in [4.69, 9.17) is 37.6 Å². The Bertz CT molecular complexity index is 1560. The smallest absolute Gasteiger partial charge is 0.374 e. The molecule has 14 heteroatoms. The summed E-state index contributed by atoms with van der Waals surface area (Å²) in [4.78, 5) is 0. The summed E-state index contributed by atoms with van der Waals surface area (Å²) in [5.41, 5.74) is 2.84. The second kappa shape index (κ2) is 10.8. The van der Waals surface area contributed by atoms with Crippen molar-refractivity contribution in [3.05, 3.63) is 69.9 Å². The maximum atomic E-state index is 12.1. The van der Waals surface area contributed by atoms with E-state index in [2.05, 4.69) is 9.37 Å². The Balaban J connectivity index is 1.54. The zero-order chi connectivity index (χ0) is 27.1. The number of quaternary nitrogens is 1. The van der Waals surface area contributed by atoms with Gasteiger partial charge in [-0.3, -0.25) is 4.55 Å². The zero-order valence-electron chi connectivity index (χ0n) is 20.0. The van der Waals surface area contributed by atoms with Gasteiger partial charge in [0, 0.05) is 52.5 Å². The van der Waals surface area contributed by atoms with Crippen LogP contribution in [0, 0.1) is 0 Å². The van der Waals surface area contributed by atoms with Gasteiger partial charge in [0.05, 0.1) is 6.08 Å². The molecule has 0 radical (unpaired) electrons. The number of halogens is 2.